The molecule has 5 saturated heterocycles. The Morgan fingerprint density at radius 3 is 1.99 bits per heavy atom. The van der Waals surface area contributed by atoms with Gasteiger partial charge in [0.05, 0.1) is 70.7 Å². The van der Waals surface area contributed by atoms with Crippen molar-refractivity contribution in [3.63, 3.8) is 0 Å². The van der Waals surface area contributed by atoms with Crippen LogP contribution < -0.4 is 64.2 Å². The number of nitrogens with one attached hydrogen (secondary N) is 12. The van der Waals surface area contributed by atoms with Crippen LogP contribution in [0.4, 0.5) is 0 Å². The lowest BCUT2D eigenvalue weighted by Gasteiger charge is -2.37. The van der Waals surface area contributed by atoms with Gasteiger partial charge >= 0.3 is 5.97 Å². The lowest BCUT2D eigenvalue weighted by atomic mass is 9.87. The number of halogens is 1. The van der Waals surface area contributed by atoms with E-state index < -0.39 is 150 Å². The lowest BCUT2D eigenvalue weighted by Crippen LogP contribution is -2.67. The van der Waals surface area contributed by atoms with Crippen LogP contribution in [0, 0.1) is 23.7 Å². The molecule has 1 aromatic heterocycles. The number of ketones is 4. The summed E-state index contributed by atoms with van der Waals surface area (Å²) in [6.07, 6.45) is -1.38. The summed E-state index contributed by atoms with van der Waals surface area (Å²) in [7, 11) is 2.15. The smallest absolute Gasteiger partial charge is 0.305 e. The Morgan fingerprint density at radius 1 is 0.772 bits per heavy atom. The fourth-order valence-corrected chi connectivity index (χ4v) is 15.6. The second-order valence-corrected chi connectivity index (χ2v) is 30.4. The molecule has 0 radical (unpaired) electrons. The first-order valence-corrected chi connectivity index (χ1v) is 37.8. The number of aromatic amines is 1. The quantitative estimate of drug-likeness (QED) is 0.0537. The van der Waals surface area contributed by atoms with E-state index in [2.05, 4.69) is 68.5 Å². The summed E-state index contributed by atoms with van der Waals surface area (Å²) in [5.74, 6) is -12.3. The summed E-state index contributed by atoms with van der Waals surface area (Å²) in [6.45, 7) is 11.8. The molecule has 0 unspecified atom stereocenters. The molecule has 17 N–H and O–H groups in total. The maximum Gasteiger partial charge on any atom is 0.305 e. The van der Waals surface area contributed by atoms with E-state index in [9.17, 15) is 58.5 Å². The minimum atomic E-state index is -1.69. The van der Waals surface area contributed by atoms with Gasteiger partial charge in [0.25, 0.3) is 0 Å². The molecular formula is C69H102ClN15O14S2. The number of phenolic OH excluding ortho intramolecular Hbond substituents is 1. The maximum atomic E-state index is 15.3. The highest BCUT2D eigenvalue weighted by molar-refractivity contribution is 8.76. The van der Waals surface area contributed by atoms with Crippen molar-refractivity contribution in [3.8, 4) is 5.75 Å². The number of amides is 6. The van der Waals surface area contributed by atoms with Gasteiger partial charge in [-0.15, -0.1) is 0 Å². The van der Waals surface area contributed by atoms with Crippen LogP contribution in [-0.4, -0.2) is 239 Å². The molecule has 29 nitrogen and oxygen atoms in total. The molecule has 0 spiro atoms. The van der Waals surface area contributed by atoms with E-state index in [0.717, 1.165) is 26.5 Å². The average Bonchev–Trinajstić information content (AvgIpc) is 1.68. The zero-order chi connectivity index (χ0) is 73.1. The Hall–Kier alpha value is -6.91. The SMILES string of the molecule is CCC(=O)[C@@H]1CSSC[C@H](NC(=O)[C@@H](CC(=O)[C@H](Cc2ccccc2)NC(=O)CCCC(=O)N[C@]23CNCCNC[C@](N)(CNCCNC2)CNCCNC3)Cc2c[nH]cn2)C(=O)N2C[C@H](O)C[C@H]2C(=O)C[C@@H](Cc2ccc(O)c(Cl)c2)C(=O)N[C@@H](CC(=O)O)C(=O)C[C@@H](CC(C)C)C(=O)N1. The van der Waals surface area contributed by atoms with Crippen LogP contribution in [0.3, 0.4) is 0 Å². The molecule has 9 atom stereocenters. The number of aliphatic carboxylic acids is 1. The number of aliphatic hydroxyl groups is 1. The second kappa shape index (κ2) is 40.8. The third-order valence-electron chi connectivity index (χ3n) is 18.4. The first kappa shape index (κ1) is 81.4. The van der Waals surface area contributed by atoms with Crippen molar-refractivity contribution in [1.29, 1.82) is 0 Å². The number of imidazole rings is 1. The normalized spacial score (nSPS) is 26.0. The molecule has 32 heteroatoms. The number of hydrogen-bond acceptors (Lipinski definition) is 23. The molecule has 101 heavy (non-hydrogen) atoms. The van der Waals surface area contributed by atoms with Crippen LogP contribution in [0.15, 0.2) is 61.1 Å². The number of H-pyrrole nitrogens is 1. The number of phenols is 1. The van der Waals surface area contributed by atoms with Crippen LogP contribution in [-0.2, 0) is 72.0 Å². The van der Waals surface area contributed by atoms with Crippen LogP contribution in [0.5, 0.6) is 5.75 Å². The monoisotopic (exact) mass is 1460 g/mol. The second-order valence-electron chi connectivity index (χ2n) is 27.5. The first-order valence-electron chi connectivity index (χ1n) is 34.9. The third-order valence-corrected chi connectivity index (χ3v) is 21.2. The lowest BCUT2D eigenvalue weighted by molar-refractivity contribution is -0.142. The molecule has 556 valence electrons. The number of hydrogen-bond donors (Lipinski definition) is 16. The summed E-state index contributed by atoms with van der Waals surface area (Å²) in [4.78, 5) is 166. The number of nitrogens with two attached hydrogens (primary N) is 1. The molecule has 0 saturated carbocycles. The fourth-order valence-electron chi connectivity index (χ4n) is 13.0. The zero-order valence-electron chi connectivity index (χ0n) is 57.8. The summed E-state index contributed by atoms with van der Waals surface area (Å²) < 4.78 is 0. The van der Waals surface area contributed by atoms with Crippen molar-refractivity contribution >= 4 is 97.7 Å². The summed E-state index contributed by atoms with van der Waals surface area (Å²) >= 11 is 6.29. The number of carboxylic acids is 1. The van der Waals surface area contributed by atoms with Crippen molar-refractivity contribution in [2.45, 2.75) is 152 Å². The third kappa shape index (κ3) is 26.7. The fraction of sp³-hybridized carbons (Fsp3) is 0.623. The Balaban J connectivity index is 1.13. The Labute approximate surface area is 602 Å². The molecular weight excluding hydrogens is 1360 g/mol. The highest BCUT2D eigenvalue weighted by Gasteiger charge is 2.44. The number of aromatic hydroxyl groups is 1. The molecule has 5 aliphatic rings. The van der Waals surface area contributed by atoms with Gasteiger partial charge < -0.3 is 89.4 Å². The largest absolute Gasteiger partial charge is 0.506 e. The van der Waals surface area contributed by atoms with Crippen LogP contribution in [0.25, 0.3) is 0 Å². The predicted octanol–water partition coefficient (Wildman–Crippen LogP) is -0.394. The predicted molar refractivity (Wildman–Crippen MR) is 383 cm³/mol. The number of nitrogens with zero attached hydrogens (tertiary/aromatic N) is 2. The van der Waals surface area contributed by atoms with E-state index in [4.69, 9.17) is 17.3 Å². The van der Waals surface area contributed by atoms with Gasteiger partial charge in [-0.25, -0.2) is 4.98 Å². The minimum absolute atomic E-state index is 0.00854. The van der Waals surface area contributed by atoms with Crippen molar-refractivity contribution in [3.05, 3.63) is 82.9 Å². The van der Waals surface area contributed by atoms with Crippen molar-refractivity contribution in [1.82, 2.24) is 73.4 Å². The molecule has 3 aromatic rings. The Morgan fingerprint density at radius 2 is 1.39 bits per heavy atom. The first-order chi connectivity index (χ1) is 48.3. The molecule has 2 aromatic carbocycles. The van der Waals surface area contributed by atoms with E-state index in [1.165, 1.54) is 24.5 Å². The zero-order valence-corrected chi connectivity index (χ0v) is 60.2. The van der Waals surface area contributed by atoms with E-state index in [0.29, 0.717) is 95.4 Å². The van der Waals surface area contributed by atoms with Gasteiger partial charge in [-0.05, 0) is 54.9 Å². The van der Waals surface area contributed by atoms with E-state index >= 15 is 9.59 Å². The molecule has 8 rings (SSSR count). The summed E-state index contributed by atoms with van der Waals surface area (Å²) in [5.41, 5.74) is 6.97. The minimum Gasteiger partial charge on any atom is -0.506 e. The molecule has 6 amide bonds. The van der Waals surface area contributed by atoms with Gasteiger partial charge in [0, 0.05) is 166 Å². The molecule has 6 heterocycles. The topological polar surface area (TPSA) is 439 Å². The van der Waals surface area contributed by atoms with Crippen LogP contribution in [0.1, 0.15) is 102 Å². The van der Waals surface area contributed by atoms with Crippen molar-refractivity contribution < 1.29 is 68.1 Å². The molecule has 0 aliphatic carbocycles. The van der Waals surface area contributed by atoms with Gasteiger partial charge in [0.1, 0.15) is 11.8 Å². The number of aromatic nitrogens is 2. The molecule has 5 aliphatic heterocycles. The van der Waals surface area contributed by atoms with Gasteiger partial charge in [-0.3, -0.25) is 52.7 Å². The number of aliphatic hydroxyl groups excluding tert-OH is 1. The maximum absolute atomic E-state index is 15.3. The number of fused-ring (bicyclic) bond motifs is 16. The Kier molecular flexibility index (Phi) is 32.9. The van der Waals surface area contributed by atoms with Gasteiger partial charge in [-0.1, -0.05) is 90.4 Å². The van der Waals surface area contributed by atoms with Crippen LogP contribution >= 0.6 is 33.2 Å². The van der Waals surface area contributed by atoms with E-state index in [1.807, 2.05) is 13.8 Å². The van der Waals surface area contributed by atoms with Crippen LogP contribution in [0.2, 0.25) is 5.02 Å². The number of carbonyl (C=O) groups excluding carboxylic acids is 10. The van der Waals surface area contributed by atoms with Gasteiger partial charge in [0.2, 0.25) is 35.4 Å². The summed E-state index contributed by atoms with van der Waals surface area (Å²) in [6, 6.07) is 6.17. The van der Waals surface area contributed by atoms with Gasteiger partial charge in [0.15, 0.2) is 23.1 Å². The standard InChI is InChI=1S/C69H102ClN15O14S2/c1-4-56(87)53-33-100-101-34-54(67(99)85-32-49(86)29-55(85)60(91)28-46(22-44-13-14-57(88)50(70)23-44)65(97)81-52(30-63(94)95)59(90)26-45(21-42(2)3)64(96)82-53)83-66(98)47(25-48-31-78-41-79-48)27-58(89)51(24-43-9-6-5-7-10-43)80-61(92)11-8-12-62(93)84-69-38-75-18-15-72-35-68(71,36-73-16-19-76-39-69)37-74-17-20-77-40-69/h5-7,9-10,13-14,23,31,41-42,45-47,49,51-55,72-77,86,88H,4,8,11-12,15-22,24-30,32-40,71H2,1-3H3,(H,78,79)(H,80,92)(H,81,97)(H,82,96)(H,83,98)(H,84,93)(H,94,95)/t45-,46-,47-,49-,51+,52+,53+,54+,55+,68-,69+/m1/s1. The average molecular weight is 1470 g/mol. The Bertz CT molecular complexity index is 3240. The highest BCUT2D eigenvalue weighted by atomic mass is 35.5. The number of benzene rings is 2. The van der Waals surface area contributed by atoms with Gasteiger partial charge in [-0.2, -0.15) is 0 Å². The number of rotatable bonds is 23. The van der Waals surface area contributed by atoms with Crippen molar-refractivity contribution in [2.24, 2.45) is 29.4 Å². The number of Topliss-reactive ketones (excluding diaryl/α,β-unsaturated/α-hetero) is 4. The number of carboxylic acid groups (broad SMARTS) is 1. The molecule has 5 fully saturated rings. The van der Waals surface area contributed by atoms with Crippen molar-refractivity contribution in [2.75, 3.05) is 96.6 Å². The highest BCUT2D eigenvalue weighted by Crippen LogP contribution is 2.31. The van der Waals surface area contributed by atoms with E-state index in [1.54, 1.807) is 43.5 Å². The summed E-state index contributed by atoms with van der Waals surface area (Å²) in [5, 5.41) is 66.8. The molecule has 2 bridgehead atoms. The van der Waals surface area contributed by atoms with E-state index in [-0.39, 0.29) is 97.7 Å². The number of carbonyl (C=O) groups is 11.